The van der Waals surface area contributed by atoms with Crippen molar-refractivity contribution < 1.29 is 19.4 Å². The molecule has 2 aliphatic rings. The molecule has 33 heavy (non-hydrogen) atoms. The molecule has 182 valence electrons. The third-order valence-corrected chi connectivity index (χ3v) is 6.15. The van der Waals surface area contributed by atoms with Crippen LogP contribution >= 0.6 is 0 Å². The van der Waals surface area contributed by atoms with E-state index in [9.17, 15) is 14.7 Å². The third-order valence-electron chi connectivity index (χ3n) is 6.15. The summed E-state index contributed by atoms with van der Waals surface area (Å²) in [6.45, 7) is 9.66. The van der Waals surface area contributed by atoms with Crippen molar-refractivity contribution in [2.24, 2.45) is 4.99 Å². The molecule has 0 spiro atoms. The Hall–Kier alpha value is -2.85. The SMILES string of the molecule is CCc1cccc(OCC(O)CN2C(=NCCN(CC)CC)NC3C2C(=O)NC(=O)N3C)c1. The molecule has 3 N–H and O–H groups in total. The average Bonchev–Trinajstić information content (AvgIpc) is 3.17. The number of carbonyl (C=O) groups is 2. The molecule has 10 heteroatoms. The van der Waals surface area contributed by atoms with Gasteiger partial charge in [-0.15, -0.1) is 0 Å². The van der Waals surface area contributed by atoms with E-state index in [0.29, 0.717) is 18.3 Å². The van der Waals surface area contributed by atoms with E-state index >= 15 is 0 Å². The second-order valence-electron chi connectivity index (χ2n) is 8.29. The fourth-order valence-corrected chi connectivity index (χ4v) is 4.08. The first kappa shape index (κ1) is 24.8. The molecule has 0 aliphatic carbocycles. The van der Waals surface area contributed by atoms with Crippen LogP contribution in [0.25, 0.3) is 0 Å². The fourth-order valence-electron chi connectivity index (χ4n) is 4.08. The number of amides is 3. The van der Waals surface area contributed by atoms with Crippen LogP contribution in [0.3, 0.4) is 0 Å². The van der Waals surface area contributed by atoms with Crippen LogP contribution < -0.4 is 15.4 Å². The summed E-state index contributed by atoms with van der Waals surface area (Å²) in [6.07, 6.45) is -0.510. The molecule has 1 aromatic rings. The number of fused-ring (bicyclic) bond motifs is 1. The number of likely N-dealkylation sites (N-methyl/N-ethyl adjacent to an activating group) is 2. The Morgan fingerprint density at radius 2 is 2.00 bits per heavy atom. The number of ether oxygens (including phenoxy) is 1. The van der Waals surface area contributed by atoms with Crippen LogP contribution in [0.5, 0.6) is 5.75 Å². The number of imide groups is 1. The number of nitrogens with one attached hydrogen (secondary N) is 2. The Balaban J connectivity index is 1.71. The molecule has 0 radical (unpaired) electrons. The topological polar surface area (TPSA) is 110 Å². The van der Waals surface area contributed by atoms with Gasteiger partial charge in [-0.1, -0.05) is 32.9 Å². The number of aliphatic hydroxyl groups excluding tert-OH is 1. The number of carbonyl (C=O) groups excluding carboxylic acids is 2. The highest BCUT2D eigenvalue weighted by Gasteiger charge is 2.50. The maximum Gasteiger partial charge on any atom is 0.325 e. The molecule has 10 nitrogen and oxygen atoms in total. The summed E-state index contributed by atoms with van der Waals surface area (Å²) in [5.74, 6) is 0.786. The lowest BCUT2D eigenvalue weighted by Crippen LogP contribution is -2.65. The molecule has 2 saturated heterocycles. The molecular weight excluding hydrogens is 424 g/mol. The number of β-amino-alcohol motifs (C(OH)–C–C–N with tert-alkyl or cyclic N) is 1. The van der Waals surface area contributed by atoms with E-state index in [1.807, 2.05) is 24.3 Å². The molecule has 3 atom stereocenters. The summed E-state index contributed by atoms with van der Waals surface area (Å²) in [7, 11) is 1.63. The number of urea groups is 1. The van der Waals surface area contributed by atoms with Crippen LogP contribution in [-0.2, 0) is 11.2 Å². The minimum atomic E-state index is -0.862. The smallest absolute Gasteiger partial charge is 0.325 e. The number of nitrogens with zero attached hydrogens (tertiary/aromatic N) is 4. The van der Waals surface area contributed by atoms with Crippen molar-refractivity contribution in [1.29, 1.82) is 0 Å². The molecule has 3 rings (SSSR count). The zero-order valence-electron chi connectivity index (χ0n) is 20.0. The standard InChI is InChI=1S/C23H36N6O4/c1-5-16-9-8-10-18(13-16)33-15-17(30)14-29-19-20(27(4)23(32)26-21(19)31)25-22(29)24-11-12-28(6-2)7-3/h8-10,13,17,19-20,30H,5-7,11-12,14-15H2,1-4H3,(H,24,25)(H,26,31,32). The largest absolute Gasteiger partial charge is 0.491 e. The molecule has 2 heterocycles. The number of hydrogen-bond acceptors (Lipinski definition) is 6. The molecule has 1 aromatic carbocycles. The van der Waals surface area contributed by atoms with Gasteiger partial charge in [-0.25, -0.2) is 4.79 Å². The van der Waals surface area contributed by atoms with E-state index in [2.05, 4.69) is 41.3 Å². The van der Waals surface area contributed by atoms with Gasteiger partial charge in [-0.3, -0.25) is 15.1 Å². The van der Waals surface area contributed by atoms with Crippen molar-refractivity contribution in [3.63, 3.8) is 0 Å². The maximum absolute atomic E-state index is 12.7. The lowest BCUT2D eigenvalue weighted by atomic mass is 10.1. The van der Waals surface area contributed by atoms with Gasteiger partial charge < -0.3 is 29.9 Å². The summed E-state index contributed by atoms with van der Waals surface area (Å²) >= 11 is 0. The van der Waals surface area contributed by atoms with Crippen LogP contribution in [0, 0.1) is 0 Å². The summed E-state index contributed by atoms with van der Waals surface area (Å²) in [4.78, 5) is 34.9. The monoisotopic (exact) mass is 460 g/mol. The predicted octanol–water partition coefficient (Wildman–Crippen LogP) is 0.468. The number of aliphatic hydroxyl groups is 1. The van der Waals surface area contributed by atoms with E-state index < -0.39 is 30.2 Å². The summed E-state index contributed by atoms with van der Waals surface area (Å²) < 4.78 is 5.79. The molecule has 3 unspecified atom stereocenters. The Bertz CT molecular complexity index is 859. The Morgan fingerprint density at radius 3 is 2.70 bits per heavy atom. The molecular formula is C23H36N6O4. The number of guanidine groups is 1. The first-order valence-electron chi connectivity index (χ1n) is 11.6. The normalized spacial score (nSPS) is 22.4. The molecule has 2 aliphatic heterocycles. The minimum Gasteiger partial charge on any atom is -0.491 e. The minimum absolute atomic E-state index is 0.0736. The van der Waals surface area contributed by atoms with Gasteiger partial charge in [-0.2, -0.15) is 0 Å². The van der Waals surface area contributed by atoms with Gasteiger partial charge in [0.2, 0.25) is 0 Å². The molecule has 0 saturated carbocycles. The van der Waals surface area contributed by atoms with Gasteiger partial charge in [0, 0.05) is 13.6 Å². The van der Waals surface area contributed by atoms with E-state index in [4.69, 9.17) is 4.74 Å². The van der Waals surface area contributed by atoms with Gasteiger partial charge in [0.1, 0.15) is 24.6 Å². The first-order chi connectivity index (χ1) is 15.9. The van der Waals surface area contributed by atoms with E-state index in [1.165, 1.54) is 4.90 Å². The quantitative estimate of drug-likeness (QED) is 0.440. The van der Waals surface area contributed by atoms with Gasteiger partial charge in [0.15, 0.2) is 12.0 Å². The molecule has 3 amide bonds. The number of hydrogen-bond donors (Lipinski definition) is 3. The average molecular weight is 461 g/mol. The molecule has 2 fully saturated rings. The number of rotatable bonds is 11. The third kappa shape index (κ3) is 5.94. The van der Waals surface area contributed by atoms with Gasteiger partial charge in [0.05, 0.1) is 13.1 Å². The van der Waals surface area contributed by atoms with Crippen molar-refractivity contribution in [2.45, 2.75) is 45.5 Å². The zero-order chi connectivity index (χ0) is 24.0. The lowest BCUT2D eigenvalue weighted by molar-refractivity contribution is -0.127. The second-order valence-corrected chi connectivity index (χ2v) is 8.29. The zero-order valence-corrected chi connectivity index (χ0v) is 20.0. The van der Waals surface area contributed by atoms with Crippen molar-refractivity contribution in [1.82, 2.24) is 25.3 Å². The fraction of sp³-hybridized carbons (Fsp3) is 0.609. The lowest BCUT2D eigenvalue weighted by Gasteiger charge is -2.35. The van der Waals surface area contributed by atoms with Crippen molar-refractivity contribution in [3.8, 4) is 5.75 Å². The Labute approximate surface area is 195 Å². The van der Waals surface area contributed by atoms with Crippen LogP contribution in [0.4, 0.5) is 4.79 Å². The number of aliphatic imine (C=N–C) groups is 1. The number of benzene rings is 1. The Kier molecular flexibility index (Phi) is 8.51. The highest BCUT2D eigenvalue weighted by Crippen LogP contribution is 2.21. The molecule has 0 bridgehead atoms. The first-order valence-corrected chi connectivity index (χ1v) is 11.6. The van der Waals surface area contributed by atoms with Gasteiger partial charge in [-0.05, 0) is 37.2 Å². The Morgan fingerprint density at radius 1 is 1.24 bits per heavy atom. The highest BCUT2D eigenvalue weighted by molar-refractivity contribution is 6.04. The predicted molar refractivity (Wildman–Crippen MR) is 126 cm³/mol. The van der Waals surface area contributed by atoms with Crippen LogP contribution in [0.1, 0.15) is 26.3 Å². The second kappa shape index (κ2) is 11.3. The van der Waals surface area contributed by atoms with Crippen LogP contribution in [-0.4, -0.2) is 102 Å². The summed E-state index contributed by atoms with van der Waals surface area (Å²) in [5, 5.41) is 16.3. The van der Waals surface area contributed by atoms with Crippen LogP contribution in [0.2, 0.25) is 0 Å². The maximum atomic E-state index is 12.7. The summed E-state index contributed by atoms with van der Waals surface area (Å²) in [6, 6.07) is 6.62. The summed E-state index contributed by atoms with van der Waals surface area (Å²) in [5.41, 5.74) is 1.16. The van der Waals surface area contributed by atoms with Crippen molar-refractivity contribution in [3.05, 3.63) is 29.8 Å². The van der Waals surface area contributed by atoms with E-state index in [1.54, 1.807) is 11.9 Å². The highest BCUT2D eigenvalue weighted by atomic mass is 16.5. The van der Waals surface area contributed by atoms with Crippen molar-refractivity contribution >= 4 is 17.9 Å². The van der Waals surface area contributed by atoms with Crippen molar-refractivity contribution in [2.75, 3.05) is 46.4 Å². The molecule has 0 aromatic heterocycles. The van der Waals surface area contributed by atoms with E-state index in [0.717, 1.165) is 31.6 Å². The van der Waals surface area contributed by atoms with Gasteiger partial charge >= 0.3 is 6.03 Å². The van der Waals surface area contributed by atoms with Crippen LogP contribution in [0.15, 0.2) is 29.3 Å². The number of aryl methyl sites for hydroxylation is 1. The van der Waals surface area contributed by atoms with Gasteiger partial charge in [0.25, 0.3) is 5.91 Å². The van der Waals surface area contributed by atoms with E-state index in [-0.39, 0.29) is 13.2 Å².